The number of carboxylic acid groups (broad SMARTS) is 1. The Labute approximate surface area is 123 Å². The van der Waals surface area contributed by atoms with Crippen LogP contribution in [0.4, 0.5) is 0 Å². The van der Waals surface area contributed by atoms with Gasteiger partial charge >= 0.3 is 5.97 Å². The van der Waals surface area contributed by atoms with Crippen molar-refractivity contribution in [3.05, 3.63) is 22.3 Å². The molecule has 5 nitrogen and oxygen atoms in total. The van der Waals surface area contributed by atoms with Crippen molar-refractivity contribution in [2.75, 3.05) is 19.8 Å². The Morgan fingerprint density at radius 1 is 1.19 bits per heavy atom. The number of aliphatic carboxylic acids is 1. The molecule has 3 aliphatic rings. The van der Waals surface area contributed by atoms with E-state index < -0.39 is 5.97 Å². The number of hydrogen-bond acceptors (Lipinski definition) is 4. The Balaban J connectivity index is 1.81. The predicted octanol–water partition coefficient (Wildman–Crippen LogP) is 1.60. The van der Waals surface area contributed by atoms with Crippen molar-refractivity contribution in [3.8, 4) is 11.5 Å². The zero-order chi connectivity index (χ0) is 14.6. The van der Waals surface area contributed by atoms with Crippen LogP contribution < -0.4 is 14.8 Å². The number of fused-ring (bicyclic) bond motifs is 2. The second kappa shape index (κ2) is 4.63. The molecule has 2 N–H and O–H groups in total. The average Bonchev–Trinajstić information content (AvgIpc) is 3.19. The van der Waals surface area contributed by atoms with Gasteiger partial charge in [0.15, 0.2) is 0 Å². The standard InChI is InChI=1S/C16H19NO4/c1-8-10-2-4-21-15(10)13(11-3-5-20-14(8)11)12-6-9(7-17-12)16(18)19/h9,12,17H,2-7H2,1H3,(H,18,19). The molecule has 0 spiro atoms. The van der Waals surface area contributed by atoms with Gasteiger partial charge in [0.1, 0.15) is 11.5 Å². The highest BCUT2D eigenvalue weighted by molar-refractivity contribution is 5.71. The average molecular weight is 289 g/mol. The minimum atomic E-state index is -0.720. The summed E-state index contributed by atoms with van der Waals surface area (Å²) in [7, 11) is 0. The third-order valence-corrected chi connectivity index (χ3v) is 4.94. The van der Waals surface area contributed by atoms with Crippen LogP contribution in [0, 0.1) is 12.8 Å². The minimum absolute atomic E-state index is 0.0639. The number of nitrogens with one attached hydrogen (secondary N) is 1. The summed E-state index contributed by atoms with van der Waals surface area (Å²) in [5.74, 6) is 0.962. The van der Waals surface area contributed by atoms with E-state index in [1.807, 2.05) is 0 Å². The maximum atomic E-state index is 11.2. The van der Waals surface area contributed by atoms with Crippen LogP contribution in [0.2, 0.25) is 0 Å². The first-order valence-electron chi connectivity index (χ1n) is 7.56. The third-order valence-electron chi connectivity index (χ3n) is 4.94. The summed E-state index contributed by atoms with van der Waals surface area (Å²) in [5.41, 5.74) is 4.82. The van der Waals surface area contributed by atoms with Gasteiger partial charge in [0.25, 0.3) is 0 Å². The van der Waals surface area contributed by atoms with Gasteiger partial charge in [0.05, 0.1) is 19.1 Å². The lowest BCUT2D eigenvalue weighted by Crippen LogP contribution is -2.18. The third kappa shape index (κ3) is 1.83. The monoisotopic (exact) mass is 289 g/mol. The summed E-state index contributed by atoms with van der Waals surface area (Å²) < 4.78 is 11.7. The highest BCUT2D eigenvalue weighted by atomic mass is 16.5. The molecule has 1 saturated heterocycles. The Morgan fingerprint density at radius 2 is 1.90 bits per heavy atom. The SMILES string of the molecule is Cc1c2c(c(C3CC(C(=O)O)CN3)c3c1OCC3)OCC2. The van der Waals surface area contributed by atoms with E-state index >= 15 is 0 Å². The molecule has 21 heavy (non-hydrogen) atoms. The van der Waals surface area contributed by atoms with E-state index in [2.05, 4.69) is 12.2 Å². The van der Waals surface area contributed by atoms with Crippen molar-refractivity contribution < 1.29 is 19.4 Å². The van der Waals surface area contributed by atoms with E-state index in [1.54, 1.807) is 0 Å². The number of carboxylic acids is 1. The normalized spacial score (nSPS) is 26.1. The lowest BCUT2D eigenvalue weighted by atomic mass is 9.89. The number of benzene rings is 1. The van der Waals surface area contributed by atoms with Crippen LogP contribution in [0.3, 0.4) is 0 Å². The molecule has 0 aliphatic carbocycles. The van der Waals surface area contributed by atoms with Crippen LogP contribution in [-0.2, 0) is 17.6 Å². The van der Waals surface area contributed by atoms with Gasteiger partial charge < -0.3 is 19.9 Å². The lowest BCUT2D eigenvalue weighted by molar-refractivity contribution is -0.141. The van der Waals surface area contributed by atoms with Crippen molar-refractivity contribution in [1.82, 2.24) is 5.32 Å². The summed E-state index contributed by atoms with van der Waals surface area (Å²) in [6, 6.07) is 0.0639. The van der Waals surface area contributed by atoms with Gasteiger partial charge in [-0.3, -0.25) is 4.79 Å². The van der Waals surface area contributed by atoms with E-state index in [-0.39, 0.29) is 12.0 Å². The van der Waals surface area contributed by atoms with E-state index in [1.165, 1.54) is 16.7 Å². The molecule has 4 rings (SSSR count). The maximum Gasteiger partial charge on any atom is 0.307 e. The first-order chi connectivity index (χ1) is 10.2. The van der Waals surface area contributed by atoms with Gasteiger partial charge in [-0.25, -0.2) is 0 Å². The molecule has 3 aliphatic heterocycles. The second-order valence-electron chi connectivity index (χ2n) is 6.08. The van der Waals surface area contributed by atoms with Gasteiger partial charge in [0.2, 0.25) is 0 Å². The van der Waals surface area contributed by atoms with Crippen LogP contribution in [0.15, 0.2) is 0 Å². The Hall–Kier alpha value is -1.75. The van der Waals surface area contributed by atoms with Crippen molar-refractivity contribution in [3.63, 3.8) is 0 Å². The Morgan fingerprint density at radius 3 is 2.62 bits per heavy atom. The fourth-order valence-corrected chi connectivity index (χ4v) is 3.89. The zero-order valence-corrected chi connectivity index (χ0v) is 12.1. The van der Waals surface area contributed by atoms with Crippen LogP contribution in [0.1, 0.15) is 34.7 Å². The highest BCUT2D eigenvalue weighted by Gasteiger charge is 2.37. The van der Waals surface area contributed by atoms with E-state index in [0.717, 1.165) is 29.9 Å². The minimum Gasteiger partial charge on any atom is -0.493 e. The fourth-order valence-electron chi connectivity index (χ4n) is 3.89. The number of rotatable bonds is 2. The molecule has 1 fully saturated rings. The van der Waals surface area contributed by atoms with E-state index in [9.17, 15) is 9.90 Å². The summed E-state index contributed by atoms with van der Waals surface area (Å²) in [5, 5.41) is 12.6. The molecule has 112 valence electrons. The Kier molecular flexibility index (Phi) is 2.85. The molecular weight excluding hydrogens is 270 g/mol. The predicted molar refractivity (Wildman–Crippen MR) is 76.1 cm³/mol. The molecule has 5 heteroatoms. The van der Waals surface area contributed by atoms with E-state index in [0.29, 0.717) is 26.2 Å². The van der Waals surface area contributed by atoms with Gasteiger partial charge in [-0.15, -0.1) is 0 Å². The quantitative estimate of drug-likeness (QED) is 0.865. The Bertz CT molecular complexity index is 590. The molecule has 1 aromatic rings. The van der Waals surface area contributed by atoms with Crippen molar-refractivity contribution in [2.24, 2.45) is 5.92 Å². The van der Waals surface area contributed by atoms with Crippen LogP contribution in [0.5, 0.6) is 11.5 Å². The van der Waals surface area contributed by atoms with Crippen molar-refractivity contribution >= 4 is 5.97 Å². The van der Waals surface area contributed by atoms with Gasteiger partial charge in [-0.2, -0.15) is 0 Å². The molecular formula is C16H19NO4. The molecule has 2 atom stereocenters. The first-order valence-corrected chi connectivity index (χ1v) is 7.56. The zero-order valence-electron chi connectivity index (χ0n) is 12.1. The topological polar surface area (TPSA) is 67.8 Å². The molecule has 3 heterocycles. The first kappa shape index (κ1) is 13.0. The molecule has 2 unspecified atom stereocenters. The fraction of sp³-hybridized carbons (Fsp3) is 0.562. The van der Waals surface area contributed by atoms with Gasteiger partial charge in [-0.05, 0) is 18.9 Å². The van der Waals surface area contributed by atoms with Crippen LogP contribution in [-0.4, -0.2) is 30.8 Å². The summed E-state index contributed by atoms with van der Waals surface area (Å²) in [6.07, 6.45) is 2.43. The number of hydrogen-bond donors (Lipinski definition) is 2. The lowest BCUT2D eigenvalue weighted by Gasteiger charge is -2.20. The molecule has 1 aromatic carbocycles. The molecule has 0 saturated carbocycles. The maximum absolute atomic E-state index is 11.2. The molecule has 0 aromatic heterocycles. The smallest absolute Gasteiger partial charge is 0.307 e. The number of carbonyl (C=O) groups is 1. The second-order valence-corrected chi connectivity index (χ2v) is 6.08. The molecule has 0 radical (unpaired) electrons. The molecule has 0 bridgehead atoms. The van der Waals surface area contributed by atoms with Crippen LogP contribution >= 0.6 is 0 Å². The molecule has 0 amide bonds. The van der Waals surface area contributed by atoms with Crippen LogP contribution in [0.25, 0.3) is 0 Å². The summed E-state index contributed by atoms with van der Waals surface area (Å²) in [4.78, 5) is 11.2. The summed E-state index contributed by atoms with van der Waals surface area (Å²) in [6.45, 7) is 4.05. The highest BCUT2D eigenvalue weighted by Crippen LogP contribution is 2.48. The van der Waals surface area contributed by atoms with Crippen molar-refractivity contribution in [1.29, 1.82) is 0 Å². The van der Waals surface area contributed by atoms with E-state index in [4.69, 9.17) is 9.47 Å². The largest absolute Gasteiger partial charge is 0.493 e. The summed E-state index contributed by atoms with van der Waals surface area (Å²) >= 11 is 0. The van der Waals surface area contributed by atoms with Gasteiger partial charge in [-0.1, -0.05) is 0 Å². The van der Waals surface area contributed by atoms with Crippen molar-refractivity contribution in [2.45, 2.75) is 32.2 Å². The van der Waals surface area contributed by atoms with Gasteiger partial charge in [0, 0.05) is 42.1 Å². The number of ether oxygens (including phenoxy) is 2.